The predicted molar refractivity (Wildman–Crippen MR) is 112 cm³/mol. The molecule has 0 aliphatic carbocycles. The van der Waals surface area contributed by atoms with Gasteiger partial charge in [-0.05, 0) is 30.3 Å². The Bertz CT molecular complexity index is 1040. The maximum absolute atomic E-state index is 9.28. The van der Waals surface area contributed by atoms with Gasteiger partial charge in [-0.1, -0.05) is 12.1 Å². The third-order valence-electron chi connectivity index (χ3n) is 5.00. The molecule has 1 fully saturated rings. The summed E-state index contributed by atoms with van der Waals surface area (Å²) in [6, 6.07) is 15.4. The molecule has 0 atom stereocenters. The summed E-state index contributed by atoms with van der Waals surface area (Å²) in [4.78, 5) is 11.9. The molecule has 1 aromatic heterocycles. The third kappa shape index (κ3) is 4.29. The molecule has 0 unspecified atom stereocenters. The first-order valence-corrected chi connectivity index (χ1v) is 9.68. The summed E-state index contributed by atoms with van der Waals surface area (Å²) in [6.07, 6.45) is 0. The van der Waals surface area contributed by atoms with Gasteiger partial charge in [0.1, 0.15) is 11.6 Å². The monoisotopic (exact) mass is 389 g/mol. The normalized spacial score (nSPS) is 14.5. The number of methoxy groups -OCH3 is 1. The molecule has 2 heterocycles. The third-order valence-corrected chi connectivity index (χ3v) is 5.00. The molecule has 0 radical (unpaired) electrons. The van der Waals surface area contributed by atoms with Gasteiger partial charge in [-0.15, -0.1) is 0 Å². The first-order chi connectivity index (χ1) is 14.3. The van der Waals surface area contributed by atoms with Crippen molar-refractivity contribution in [3.8, 4) is 23.2 Å². The summed E-state index contributed by atoms with van der Waals surface area (Å²) in [5, 5.41) is 13.7. The standard InChI is InChI=1S/C22H23N5O2/c1-28-20-7-6-16(15-23)14-18(20)22-25-19-5-3-2-4-17(19)21(26-22)24-8-9-27-10-12-29-13-11-27/h2-7,14H,8-13H2,1H3,(H,24,25,26). The second-order valence-corrected chi connectivity index (χ2v) is 6.82. The van der Waals surface area contributed by atoms with Crippen LogP contribution in [0.4, 0.5) is 5.82 Å². The Kier molecular flexibility index (Phi) is 5.84. The van der Waals surface area contributed by atoms with Crippen molar-refractivity contribution in [2.75, 3.05) is 51.8 Å². The average Bonchev–Trinajstić information content (AvgIpc) is 2.79. The number of aromatic nitrogens is 2. The zero-order valence-electron chi connectivity index (χ0n) is 16.4. The van der Waals surface area contributed by atoms with Crippen LogP contribution in [0, 0.1) is 11.3 Å². The minimum atomic E-state index is 0.534. The van der Waals surface area contributed by atoms with Crippen LogP contribution in [0.25, 0.3) is 22.3 Å². The van der Waals surface area contributed by atoms with Crippen LogP contribution in [-0.2, 0) is 4.74 Å². The Morgan fingerprint density at radius 3 is 2.79 bits per heavy atom. The molecule has 0 bridgehead atoms. The van der Waals surface area contributed by atoms with Gasteiger partial charge in [-0.2, -0.15) is 5.26 Å². The molecule has 148 valence electrons. The summed E-state index contributed by atoms with van der Waals surface area (Å²) >= 11 is 0. The molecule has 0 amide bonds. The highest BCUT2D eigenvalue weighted by Gasteiger charge is 2.15. The van der Waals surface area contributed by atoms with Crippen molar-refractivity contribution in [2.24, 2.45) is 0 Å². The van der Waals surface area contributed by atoms with Crippen molar-refractivity contribution in [1.29, 1.82) is 5.26 Å². The second-order valence-electron chi connectivity index (χ2n) is 6.82. The molecule has 7 heteroatoms. The lowest BCUT2D eigenvalue weighted by atomic mass is 10.1. The summed E-state index contributed by atoms with van der Waals surface area (Å²) in [5.41, 5.74) is 2.09. The van der Waals surface area contributed by atoms with Crippen LogP contribution < -0.4 is 10.1 Å². The summed E-state index contributed by atoms with van der Waals surface area (Å²) in [5.74, 6) is 1.95. The van der Waals surface area contributed by atoms with Crippen LogP contribution in [-0.4, -0.2) is 61.4 Å². The predicted octanol–water partition coefficient (Wildman–Crippen LogP) is 2.92. The van der Waals surface area contributed by atoms with Crippen LogP contribution in [0.5, 0.6) is 5.75 Å². The number of anilines is 1. The van der Waals surface area contributed by atoms with E-state index in [0.717, 1.165) is 56.1 Å². The van der Waals surface area contributed by atoms with Crippen LogP contribution >= 0.6 is 0 Å². The Hall–Kier alpha value is -3.21. The van der Waals surface area contributed by atoms with E-state index in [1.807, 2.05) is 24.3 Å². The van der Waals surface area contributed by atoms with Crippen LogP contribution in [0.1, 0.15) is 5.56 Å². The Balaban J connectivity index is 1.67. The Morgan fingerprint density at radius 2 is 2.00 bits per heavy atom. The van der Waals surface area contributed by atoms with Crippen molar-refractivity contribution in [3.63, 3.8) is 0 Å². The lowest BCUT2D eigenvalue weighted by molar-refractivity contribution is 0.0398. The van der Waals surface area contributed by atoms with E-state index in [-0.39, 0.29) is 0 Å². The minimum absolute atomic E-state index is 0.534. The van der Waals surface area contributed by atoms with E-state index in [1.165, 1.54) is 0 Å². The summed E-state index contributed by atoms with van der Waals surface area (Å²) in [7, 11) is 1.60. The zero-order chi connectivity index (χ0) is 20.1. The average molecular weight is 389 g/mol. The molecule has 1 aliphatic heterocycles. The van der Waals surface area contributed by atoms with Crippen LogP contribution in [0.3, 0.4) is 0 Å². The fourth-order valence-corrected chi connectivity index (χ4v) is 3.44. The summed E-state index contributed by atoms with van der Waals surface area (Å²) in [6.45, 7) is 5.18. The topological polar surface area (TPSA) is 83.3 Å². The molecule has 4 rings (SSSR count). The number of fused-ring (bicyclic) bond motifs is 1. The maximum atomic E-state index is 9.28. The van der Waals surface area contributed by atoms with E-state index in [1.54, 1.807) is 25.3 Å². The van der Waals surface area contributed by atoms with Gasteiger partial charge in [-0.25, -0.2) is 9.97 Å². The molecule has 3 aromatic rings. The maximum Gasteiger partial charge on any atom is 0.165 e. The van der Waals surface area contributed by atoms with E-state index >= 15 is 0 Å². The number of para-hydroxylation sites is 1. The largest absolute Gasteiger partial charge is 0.496 e. The van der Waals surface area contributed by atoms with Gasteiger partial charge < -0.3 is 14.8 Å². The van der Waals surface area contributed by atoms with Gasteiger partial charge in [-0.3, -0.25) is 4.90 Å². The molecule has 29 heavy (non-hydrogen) atoms. The number of nitrogens with zero attached hydrogens (tertiary/aromatic N) is 4. The number of benzene rings is 2. The van der Waals surface area contributed by atoms with Gasteiger partial charge in [0, 0.05) is 31.6 Å². The van der Waals surface area contributed by atoms with E-state index in [0.29, 0.717) is 22.7 Å². The molecular weight excluding hydrogens is 366 g/mol. The van der Waals surface area contributed by atoms with Crippen molar-refractivity contribution in [2.45, 2.75) is 0 Å². The van der Waals surface area contributed by atoms with E-state index < -0.39 is 0 Å². The molecule has 7 nitrogen and oxygen atoms in total. The van der Waals surface area contributed by atoms with Crippen molar-refractivity contribution in [3.05, 3.63) is 48.0 Å². The number of rotatable bonds is 6. The Morgan fingerprint density at radius 1 is 1.17 bits per heavy atom. The SMILES string of the molecule is COc1ccc(C#N)cc1-c1nc(NCCN2CCOCC2)c2ccccc2n1. The number of nitrogens with one attached hydrogen (secondary N) is 1. The fraction of sp³-hybridized carbons (Fsp3) is 0.318. The first-order valence-electron chi connectivity index (χ1n) is 9.68. The first kappa shape index (κ1) is 19.1. The lowest BCUT2D eigenvalue weighted by Crippen LogP contribution is -2.39. The minimum Gasteiger partial charge on any atom is -0.496 e. The number of hydrogen-bond acceptors (Lipinski definition) is 7. The summed E-state index contributed by atoms with van der Waals surface area (Å²) < 4.78 is 10.9. The highest BCUT2D eigenvalue weighted by Crippen LogP contribution is 2.31. The molecule has 1 aliphatic rings. The van der Waals surface area contributed by atoms with E-state index in [4.69, 9.17) is 19.4 Å². The highest BCUT2D eigenvalue weighted by atomic mass is 16.5. The molecule has 0 saturated carbocycles. The van der Waals surface area contributed by atoms with Crippen molar-refractivity contribution in [1.82, 2.24) is 14.9 Å². The van der Waals surface area contributed by atoms with Gasteiger partial charge in [0.25, 0.3) is 0 Å². The molecular formula is C22H23N5O2. The van der Waals surface area contributed by atoms with Gasteiger partial charge in [0.2, 0.25) is 0 Å². The lowest BCUT2D eigenvalue weighted by Gasteiger charge is -2.26. The molecule has 0 spiro atoms. The number of morpholine rings is 1. The second kappa shape index (κ2) is 8.86. The van der Waals surface area contributed by atoms with Crippen molar-refractivity contribution < 1.29 is 9.47 Å². The highest BCUT2D eigenvalue weighted by molar-refractivity contribution is 5.91. The smallest absolute Gasteiger partial charge is 0.165 e. The van der Waals surface area contributed by atoms with Crippen molar-refractivity contribution >= 4 is 16.7 Å². The molecule has 1 N–H and O–H groups in total. The fourth-order valence-electron chi connectivity index (χ4n) is 3.44. The van der Waals surface area contributed by atoms with E-state index in [9.17, 15) is 5.26 Å². The van der Waals surface area contributed by atoms with Crippen LogP contribution in [0.2, 0.25) is 0 Å². The number of nitriles is 1. The number of ether oxygens (including phenoxy) is 2. The molecule has 2 aromatic carbocycles. The quantitative estimate of drug-likeness (QED) is 0.694. The van der Waals surface area contributed by atoms with Gasteiger partial charge in [0.15, 0.2) is 5.82 Å². The van der Waals surface area contributed by atoms with Gasteiger partial charge >= 0.3 is 0 Å². The Labute approximate surface area is 169 Å². The molecule has 1 saturated heterocycles. The van der Waals surface area contributed by atoms with Crippen LogP contribution in [0.15, 0.2) is 42.5 Å². The van der Waals surface area contributed by atoms with E-state index in [2.05, 4.69) is 16.3 Å². The van der Waals surface area contributed by atoms with Gasteiger partial charge in [0.05, 0.1) is 43.0 Å². The number of hydrogen-bond donors (Lipinski definition) is 1. The zero-order valence-corrected chi connectivity index (χ0v) is 16.4.